The van der Waals surface area contributed by atoms with Gasteiger partial charge in [0.05, 0.1) is 37.0 Å². The number of hydrogen-bond acceptors (Lipinski definition) is 6. The number of amidine groups is 1. The Hall–Kier alpha value is -1.83. The largest absolute Gasteiger partial charge is 0.493 e. The molecule has 2 heterocycles. The van der Waals surface area contributed by atoms with E-state index in [1.807, 2.05) is 12.1 Å². The van der Waals surface area contributed by atoms with Crippen molar-refractivity contribution in [3.63, 3.8) is 0 Å². The maximum atomic E-state index is 9.29. The Balaban J connectivity index is 1.59. The summed E-state index contributed by atoms with van der Waals surface area (Å²) in [5, 5.41) is 9.29. The molecular formula is C16H24N4O3. The topological polar surface area (TPSA) is 92.3 Å². The number of nitrogens with one attached hydrogen (secondary N) is 1. The zero-order valence-electron chi connectivity index (χ0n) is 13.3. The van der Waals surface area contributed by atoms with Crippen molar-refractivity contribution >= 4 is 17.2 Å². The zero-order chi connectivity index (χ0) is 16.1. The van der Waals surface area contributed by atoms with Gasteiger partial charge in [-0.1, -0.05) is 0 Å². The summed E-state index contributed by atoms with van der Waals surface area (Å²) in [6.07, 6.45) is 2.53. The number of hydrogen-bond donors (Lipinski definition) is 3. The van der Waals surface area contributed by atoms with Crippen LogP contribution in [0.2, 0.25) is 0 Å². The van der Waals surface area contributed by atoms with Gasteiger partial charge in [-0.2, -0.15) is 0 Å². The fraction of sp³-hybridized carbons (Fsp3) is 0.562. The lowest BCUT2D eigenvalue weighted by Gasteiger charge is -2.26. The van der Waals surface area contributed by atoms with Crippen molar-refractivity contribution < 1.29 is 14.7 Å². The van der Waals surface area contributed by atoms with Gasteiger partial charge in [0.1, 0.15) is 5.75 Å². The Kier molecular flexibility index (Phi) is 5.32. The molecule has 0 atom stereocenters. The molecule has 0 aromatic heterocycles. The molecule has 0 amide bonds. The molecule has 1 fully saturated rings. The molecule has 126 valence electrons. The van der Waals surface area contributed by atoms with Crippen molar-refractivity contribution in [3.8, 4) is 5.75 Å². The first kappa shape index (κ1) is 16.0. The minimum Gasteiger partial charge on any atom is -0.493 e. The number of anilines is 1. The molecule has 1 aromatic carbocycles. The van der Waals surface area contributed by atoms with Crippen LogP contribution >= 0.6 is 0 Å². The van der Waals surface area contributed by atoms with E-state index in [1.54, 1.807) is 0 Å². The lowest BCUT2D eigenvalue weighted by molar-refractivity contribution is 0.0376. The van der Waals surface area contributed by atoms with E-state index in [4.69, 9.17) is 15.2 Å². The van der Waals surface area contributed by atoms with Crippen LogP contribution in [-0.2, 0) is 11.2 Å². The van der Waals surface area contributed by atoms with E-state index in [-0.39, 0.29) is 0 Å². The number of benzene rings is 1. The molecule has 23 heavy (non-hydrogen) atoms. The van der Waals surface area contributed by atoms with Gasteiger partial charge in [-0.25, -0.2) is 4.99 Å². The van der Waals surface area contributed by atoms with Crippen LogP contribution in [0.4, 0.5) is 11.4 Å². The first-order chi connectivity index (χ1) is 11.3. The molecule has 1 aromatic rings. The third kappa shape index (κ3) is 4.13. The second-order valence-corrected chi connectivity index (χ2v) is 5.85. The van der Waals surface area contributed by atoms with Gasteiger partial charge >= 0.3 is 0 Å². The molecule has 7 nitrogen and oxygen atoms in total. The Morgan fingerprint density at radius 1 is 1.30 bits per heavy atom. The smallest absolute Gasteiger partial charge is 0.124 e. The second-order valence-electron chi connectivity index (χ2n) is 5.85. The third-order valence-electron chi connectivity index (χ3n) is 4.20. The average molecular weight is 320 g/mol. The predicted octanol–water partition coefficient (Wildman–Crippen LogP) is 1.52. The maximum absolute atomic E-state index is 9.29. The van der Waals surface area contributed by atoms with E-state index in [1.165, 1.54) is 0 Å². The molecule has 3 rings (SSSR count). The van der Waals surface area contributed by atoms with E-state index in [0.717, 1.165) is 63.4 Å². The fourth-order valence-electron chi connectivity index (χ4n) is 2.92. The summed E-state index contributed by atoms with van der Waals surface area (Å²) in [7, 11) is 0. The SMILES string of the molecule is NC(CCCN1CCOCC1)=Nc1cc2c(cc1NO)CCO2. The van der Waals surface area contributed by atoms with Gasteiger partial charge < -0.3 is 15.2 Å². The number of morpholine rings is 1. The van der Waals surface area contributed by atoms with Gasteiger partial charge in [0.15, 0.2) is 0 Å². The Morgan fingerprint density at radius 2 is 2.13 bits per heavy atom. The third-order valence-corrected chi connectivity index (χ3v) is 4.20. The molecule has 0 radical (unpaired) electrons. The van der Waals surface area contributed by atoms with Gasteiger partial charge in [-0.3, -0.25) is 15.6 Å². The molecule has 0 saturated carbocycles. The van der Waals surface area contributed by atoms with Crippen LogP contribution in [0, 0.1) is 0 Å². The molecule has 0 unspecified atom stereocenters. The number of nitrogens with two attached hydrogens (primary N) is 1. The Labute approximate surface area is 136 Å². The fourth-order valence-corrected chi connectivity index (χ4v) is 2.92. The van der Waals surface area contributed by atoms with Gasteiger partial charge in [-0.15, -0.1) is 0 Å². The maximum Gasteiger partial charge on any atom is 0.124 e. The van der Waals surface area contributed by atoms with Crippen LogP contribution in [0.15, 0.2) is 17.1 Å². The minimum absolute atomic E-state index is 0.561. The zero-order valence-corrected chi connectivity index (χ0v) is 13.3. The summed E-state index contributed by atoms with van der Waals surface area (Å²) in [6, 6.07) is 3.69. The second kappa shape index (κ2) is 7.63. The highest BCUT2D eigenvalue weighted by Gasteiger charge is 2.16. The quantitative estimate of drug-likeness (QED) is 0.418. The van der Waals surface area contributed by atoms with Gasteiger partial charge in [0.25, 0.3) is 0 Å². The van der Waals surface area contributed by atoms with Crippen molar-refractivity contribution in [1.82, 2.24) is 4.90 Å². The number of rotatable bonds is 6. The highest BCUT2D eigenvalue weighted by Crippen LogP contribution is 2.36. The summed E-state index contributed by atoms with van der Waals surface area (Å²) >= 11 is 0. The van der Waals surface area contributed by atoms with Crippen molar-refractivity contribution in [2.75, 3.05) is 44.9 Å². The van der Waals surface area contributed by atoms with Crippen molar-refractivity contribution in [3.05, 3.63) is 17.7 Å². The van der Waals surface area contributed by atoms with Crippen LogP contribution in [-0.4, -0.2) is 55.4 Å². The first-order valence-electron chi connectivity index (χ1n) is 8.09. The number of fused-ring (bicyclic) bond motifs is 1. The molecule has 7 heteroatoms. The van der Waals surface area contributed by atoms with E-state index < -0.39 is 0 Å². The van der Waals surface area contributed by atoms with Crippen LogP contribution < -0.4 is 16.0 Å². The number of aliphatic imine (C=N–C) groups is 1. The van der Waals surface area contributed by atoms with E-state index >= 15 is 0 Å². The molecule has 2 aliphatic heterocycles. The first-order valence-corrected chi connectivity index (χ1v) is 8.09. The summed E-state index contributed by atoms with van der Waals surface area (Å²) in [6.45, 7) is 5.25. The van der Waals surface area contributed by atoms with Gasteiger partial charge in [0.2, 0.25) is 0 Å². The molecule has 4 N–H and O–H groups in total. The Morgan fingerprint density at radius 3 is 2.91 bits per heavy atom. The van der Waals surface area contributed by atoms with Crippen molar-refractivity contribution in [2.45, 2.75) is 19.3 Å². The summed E-state index contributed by atoms with van der Waals surface area (Å²) in [4.78, 5) is 6.81. The van der Waals surface area contributed by atoms with E-state index in [0.29, 0.717) is 23.8 Å². The molecule has 0 spiro atoms. The van der Waals surface area contributed by atoms with Crippen molar-refractivity contribution in [2.24, 2.45) is 10.7 Å². The van der Waals surface area contributed by atoms with Crippen molar-refractivity contribution in [1.29, 1.82) is 0 Å². The molecule has 0 aliphatic carbocycles. The average Bonchev–Trinajstić information content (AvgIpc) is 3.02. The predicted molar refractivity (Wildman–Crippen MR) is 88.8 cm³/mol. The summed E-state index contributed by atoms with van der Waals surface area (Å²) in [5.74, 6) is 1.39. The Bertz CT molecular complexity index is 571. The van der Waals surface area contributed by atoms with Crippen LogP contribution in [0.5, 0.6) is 5.75 Å². The van der Waals surface area contributed by atoms with Crippen LogP contribution in [0.3, 0.4) is 0 Å². The minimum atomic E-state index is 0.561. The normalized spacial score (nSPS) is 18.6. The number of ether oxygens (including phenoxy) is 2. The highest BCUT2D eigenvalue weighted by atomic mass is 16.5. The molecule has 0 bridgehead atoms. The molecule has 2 aliphatic rings. The summed E-state index contributed by atoms with van der Waals surface area (Å²) in [5.41, 5.74) is 10.5. The standard InChI is InChI=1S/C16H24N4O3/c17-16(2-1-4-20-5-8-22-9-6-20)18-13-11-15-12(3-7-23-15)10-14(13)19-21/h10-11,19,21H,1-9H2,(H2,17,18). The van der Waals surface area contributed by atoms with Gasteiger partial charge in [-0.05, 0) is 24.6 Å². The number of nitrogens with zero attached hydrogens (tertiary/aromatic N) is 2. The van der Waals surface area contributed by atoms with Crippen LogP contribution in [0.1, 0.15) is 18.4 Å². The monoisotopic (exact) mass is 320 g/mol. The summed E-state index contributed by atoms with van der Waals surface area (Å²) < 4.78 is 10.9. The van der Waals surface area contributed by atoms with Crippen LogP contribution in [0.25, 0.3) is 0 Å². The lowest BCUT2D eigenvalue weighted by Crippen LogP contribution is -2.37. The molecule has 1 saturated heterocycles. The van der Waals surface area contributed by atoms with E-state index in [9.17, 15) is 5.21 Å². The lowest BCUT2D eigenvalue weighted by atomic mass is 10.1. The molecular weight excluding hydrogens is 296 g/mol. The van der Waals surface area contributed by atoms with E-state index in [2.05, 4.69) is 15.4 Å². The van der Waals surface area contributed by atoms with Gasteiger partial charge in [0, 0.05) is 32.0 Å². The highest BCUT2D eigenvalue weighted by molar-refractivity contribution is 5.86.